The zero-order valence-corrected chi connectivity index (χ0v) is 13.3. The average molecular weight is 315 g/mol. The zero-order valence-electron chi connectivity index (χ0n) is 13.3. The van der Waals surface area contributed by atoms with Gasteiger partial charge >= 0.3 is 0 Å². The maximum Gasteiger partial charge on any atom is 0.220 e. The van der Waals surface area contributed by atoms with Gasteiger partial charge in [0.05, 0.1) is 28.8 Å². The third kappa shape index (κ3) is 3.49. The second kappa shape index (κ2) is 5.98. The predicted molar refractivity (Wildman–Crippen MR) is 85.6 cm³/mol. The SMILES string of the molecule is CC1(C)NC(=O)CCC1NC(=O)CCc1nc2ccncc2[nH]1. The molecule has 1 atom stereocenters. The van der Waals surface area contributed by atoms with E-state index in [2.05, 4.69) is 25.6 Å². The summed E-state index contributed by atoms with van der Waals surface area (Å²) in [6.07, 6.45) is 5.43. The summed E-state index contributed by atoms with van der Waals surface area (Å²) in [7, 11) is 0. The number of hydrogen-bond acceptors (Lipinski definition) is 4. The van der Waals surface area contributed by atoms with Crippen molar-refractivity contribution in [3.63, 3.8) is 0 Å². The highest BCUT2D eigenvalue weighted by molar-refractivity contribution is 5.80. The zero-order chi connectivity index (χ0) is 16.4. The summed E-state index contributed by atoms with van der Waals surface area (Å²) >= 11 is 0. The molecule has 2 amide bonds. The molecule has 0 aliphatic carbocycles. The van der Waals surface area contributed by atoms with Crippen molar-refractivity contribution >= 4 is 22.8 Å². The number of amides is 2. The van der Waals surface area contributed by atoms with Crippen molar-refractivity contribution in [2.24, 2.45) is 0 Å². The fraction of sp³-hybridized carbons (Fsp3) is 0.500. The number of fused-ring (bicyclic) bond motifs is 1. The molecule has 2 aromatic heterocycles. The van der Waals surface area contributed by atoms with Crippen LogP contribution < -0.4 is 10.6 Å². The summed E-state index contributed by atoms with van der Waals surface area (Å²) in [4.78, 5) is 35.3. The Hall–Kier alpha value is -2.44. The van der Waals surface area contributed by atoms with Crippen LogP contribution in [-0.4, -0.2) is 38.3 Å². The van der Waals surface area contributed by atoms with E-state index in [9.17, 15) is 9.59 Å². The molecule has 0 spiro atoms. The normalized spacial score (nSPS) is 20.3. The molecule has 2 aromatic rings. The van der Waals surface area contributed by atoms with Crippen LogP contribution in [0.3, 0.4) is 0 Å². The van der Waals surface area contributed by atoms with Crippen LogP contribution in [-0.2, 0) is 16.0 Å². The minimum Gasteiger partial charge on any atom is -0.351 e. The molecule has 7 heteroatoms. The van der Waals surface area contributed by atoms with Gasteiger partial charge in [0.25, 0.3) is 0 Å². The van der Waals surface area contributed by atoms with Gasteiger partial charge in [0.2, 0.25) is 11.8 Å². The molecular formula is C16H21N5O2. The largest absolute Gasteiger partial charge is 0.351 e. The second-order valence-electron chi connectivity index (χ2n) is 6.50. The van der Waals surface area contributed by atoms with Crippen LogP contribution in [0.15, 0.2) is 18.5 Å². The molecule has 3 heterocycles. The van der Waals surface area contributed by atoms with Crippen LogP contribution in [0.1, 0.15) is 38.9 Å². The van der Waals surface area contributed by atoms with Gasteiger partial charge in [-0.3, -0.25) is 14.6 Å². The Morgan fingerprint density at radius 3 is 3.04 bits per heavy atom. The van der Waals surface area contributed by atoms with Crippen molar-refractivity contribution in [1.29, 1.82) is 0 Å². The van der Waals surface area contributed by atoms with Crippen LogP contribution in [0.4, 0.5) is 0 Å². The van der Waals surface area contributed by atoms with E-state index in [0.717, 1.165) is 16.9 Å². The van der Waals surface area contributed by atoms with Gasteiger partial charge in [0.1, 0.15) is 5.82 Å². The monoisotopic (exact) mass is 315 g/mol. The molecule has 122 valence electrons. The number of carbonyl (C=O) groups is 2. The van der Waals surface area contributed by atoms with Crippen LogP contribution in [0.5, 0.6) is 0 Å². The van der Waals surface area contributed by atoms with Crippen molar-refractivity contribution in [2.75, 3.05) is 0 Å². The van der Waals surface area contributed by atoms with Crippen molar-refractivity contribution in [2.45, 2.75) is 51.1 Å². The fourth-order valence-corrected chi connectivity index (χ4v) is 2.92. The summed E-state index contributed by atoms with van der Waals surface area (Å²) in [5, 5.41) is 5.95. The van der Waals surface area contributed by atoms with E-state index in [-0.39, 0.29) is 17.9 Å². The Morgan fingerprint density at radius 1 is 1.48 bits per heavy atom. The number of hydrogen-bond donors (Lipinski definition) is 3. The fourth-order valence-electron chi connectivity index (χ4n) is 2.92. The number of carbonyl (C=O) groups excluding carboxylic acids is 2. The van der Waals surface area contributed by atoms with Gasteiger partial charge in [0, 0.05) is 25.5 Å². The van der Waals surface area contributed by atoms with E-state index in [1.807, 2.05) is 19.9 Å². The minimum atomic E-state index is -0.421. The van der Waals surface area contributed by atoms with Gasteiger partial charge in [0.15, 0.2) is 0 Å². The number of aryl methyl sites for hydroxylation is 1. The highest BCUT2D eigenvalue weighted by atomic mass is 16.2. The van der Waals surface area contributed by atoms with Gasteiger partial charge in [-0.1, -0.05) is 0 Å². The maximum atomic E-state index is 12.2. The number of piperidine rings is 1. The van der Waals surface area contributed by atoms with Crippen LogP contribution >= 0.6 is 0 Å². The maximum absolute atomic E-state index is 12.2. The molecule has 7 nitrogen and oxygen atoms in total. The molecule has 0 aromatic carbocycles. The Morgan fingerprint density at radius 2 is 2.30 bits per heavy atom. The Bertz CT molecular complexity index is 704. The van der Waals surface area contributed by atoms with E-state index in [1.165, 1.54) is 0 Å². The van der Waals surface area contributed by atoms with E-state index < -0.39 is 5.54 Å². The summed E-state index contributed by atoms with van der Waals surface area (Å²) in [5.74, 6) is 0.786. The molecule has 1 aliphatic rings. The van der Waals surface area contributed by atoms with Gasteiger partial charge in [-0.15, -0.1) is 0 Å². The quantitative estimate of drug-likeness (QED) is 0.785. The number of H-pyrrole nitrogens is 1. The van der Waals surface area contributed by atoms with Crippen molar-refractivity contribution in [3.8, 4) is 0 Å². The second-order valence-corrected chi connectivity index (χ2v) is 6.50. The van der Waals surface area contributed by atoms with Gasteiger partial charge in [-0.25, -0.2) is 4.98 Å². The van der Waals surface area contributed by atoms with Gasteiger partial charge in [-0.05, 0) is 26.3 Å². The van der Waals surface area contributed by atoms with E-state index >= 15 is 0 Å². The molecule has 0 saturated carbocycles. The lowest BCUT2D eigenvalue weighted by Gasteiger charge is -2.39. The lowest BCUT2D eigenvalue weighted by atomic mass is 9.87. The summed E-state index contributed by atoms with van der Waals surface area (Å²) < 4.78 is 0. The Kier molecular flexibility index (Phi) is 4.02. The number of imidazole rings is 1. The molecule has 3 rings (SSSR count). The number of nitrogens with zero attached hydrogens (tertiary/aromatic N) is 2. The third-order valence-electron chi connectivity index (χ3n) is 4.25. The summed E-state index contributed by atoms with van der Waals surface area (Å²) in [6.45, 7) is 3.86. The number of nitrogens with one attached hydrogen (secondary N) is 3. The molecule has 1 saturated heterocycles. The van der Waals surface area contributed by atoms with Crippen LogP contribution in [0, 0.1) is 0 Å². The highest BCUT2D eigenvalue weighted by Gasteiger charge is 2.36. The average Bonchev–Trinajstić information content (AvgIpc) is 2.90. The van der Waals surface area contributed by atoms with Gasteiger partial charge in [-0.2, -0.15) is 0 Å². The first-order valence-electron chi connectivity index (χ1n) is 7.83. The lowest BCUT2D eigenvalue weighted by molar-refractivity contribution is -0.128. The third-order valence-corrected chi connectivity index (χ3v) is 4.25. The van der Waals surface area contributed by atoms with E-state index in [1.54, 1.807) is 12.4 Å². The van der Waals surface area contributed by atoms with E-state index in [0.29, 0.717) is 25.7 Å². The number of aromatic nitrogens is 3. The lowest BCUT2D eigenvalue weighted by Crippen LogP contribution is -2.62. The first-order chi connectivity index (χ1) is 10.9. The molecule has 1 aliphatic heterocycles. The Balaban J connectivity index is 1.56. The number of rotatable bonds is 4. The van der Waals surface area contributed by atoms with E-state index in [4.69, 9.17) is 0 Å². The van der Waals surface area contributed by atoms with Crippen LogP contribution in [0.2, 0.25) is 0 Å². The van der Waals surface area contributed by atoms with Crippen LogP contribution in [0.25, 0.3) is 11.0 Å². The highest BCUT2D eigenvalue weighted by Crippen LogP contribution is 2.20. The van der Waals surface area contributed by atoms with Crippen molar-refractivity contribution < 1.29 is 9.59 Å². The molecule has 3 N–H and O–H groups in total. The molecule has 1 unspecified atom stereocenters. The number of aromatic amines is 1. The topological polar surface area (TPSA) is 99.8 Å². The smallest absolute Gasteiger partial charge is 0.220 e. The van der Waals surface area contributed by atoms with Gasteiger partial charge < -0.3 is 15.6 Å². The predicted octanol–water partition coefficient (Wildman–Crippen LogP) is 1.06. The number of pyridine rings is 1. The summed E-state index contributed by atoms with van der Waals surface area (Å²) in [6, 6.07) is 1.79. The standard InChI is InChI=1S/C16H21N5O2/c1-16(2)12(3-5-15(23)21-16)20-14(22)6-4-13-18-10-7-8-17-9-11(10)19-13/h7-9,12H,3-6H2,1-2H3,(H,18,19)(H,20,22)(H,21,23). The molecule has 1 fully saturated rings. The molecule has 0 bridgehead atoms. The first kappa shape index (κ1) is 15.5. The van der Waals surface area contributed by atoms with Crippen molar-refractivity contribution in [3.05, 3.63) is 24.3 Å². The Labute approximate surface area is 134 Å². The van der Waals surface area contributed by atoms with Crippen molar-refractivity contribution in [1.82, 2.24) is 25.6 Å². The summed E-state index contributed by atoms with van der Waals surface area (Å²) in [5.41, 5.74) is 1.31. The molecule has 0 radical (unpaired) electrons. The molecule has 23 heavy (non-hydrogen) atoms. The minimum absolute atomic E-state index is 0.0298. The first-order valence-corrected chi connectivity index (χ1v) is 7.83. The molecular weight excluding hydrogens is 294 g/mol.